The number of rotatable bonds is 3. The molecule has 2 rings (SSSR count). The summed E-state index contributed by atoms with van der Waals surface area (Å²) in [5.41, 5.74) is 7.46. The van der Waals surface area contributed by atoms with Gasteiger partial charge >= 0.3 is 0 Å². The molecule has 1 saturated carbocycles. The normalized spacial score (nSPS) is 29.2. The maximum absolute atomic E-state index is 12.9. The Balaban J connectivity index is 2.06. The van der Waals surface area contributed by atoms with Crippen LogP contribution in [-0.4, -0.2) is 6.54 Å². The molecule has 0 unspecified atom stereocenters. The van der Waals surface area contributed by atoms with E-state index in [0.717, 1.165) is 18.9 Å². The Hall–Kier alpha value is -0.890. The van der Waals surface area contributed by atoms with Crippen LogP contribution in [0.15, 0.2) is 24.3 Å². The van der Waals surface area contributed by atoms with E-state index >= 15 is 0 Å². The molecule has 2 N–H and O–H groups in total. The molecule has 0 heterocycles. The van der Waals surface area contributed by atoms with E-state index in [9.17, 15) is 4.39 Å². The SMILES string of the molecule is CC1CCC(CN)(Cc2ccc(F)cc2)CC1. The molecule has 1 nitrogen and oxygen atoms in total. The minimum absolute atomic E-state index is 0.159. The van der Waals surface area contributed by atoms with E-state index < -0.39 is 0 Å². The van der Waals surface area contributed by atoms with Crippen LogP contribution in [-0.2, 0) is 6.42 Å². The van der Waals surface area contributed by atoms with Crippen LogP contribution in [0.5, 0.6) is 0 Å². The fourth-order valence-electron chi connectivity index (χ4n) is 2.86. The smallest absolute Gasteiger partial charge is 0.123 e. The second kappa shape index (κ2) is 5.18. The number of hydrogen-bond acceptors (Lipinski definition) is 1. The third-order valence-electron chi connectivity index (χ3n) is 4.26. The molecule has 1 fully saturated rings. The van der Waals surface area contributed by atoms with E-state index in [1.165, 1.54) is 31.2 Å². The summed E-state index contributed by atoms with van der Waals surface area (Å²) in [6.45, 7) is 3.06. The summed E-state index contributed by atoms with van der Waals surface area (Å²) >= 11 is 0. The number of halogens is 1. The van der Waals surface area contributed by atoms with Gasteiger partial charge in [-0.05, 0) is 54.8 Å². The first-order chi connectivity index (χ1) is 8.13. The highest BCUT2D eigenvalue weighted by atomic mass is 19.1. The summed E-state index contributed by atoms with van der Waals surface area (Å²) in [5, 5.41) is 0. The molecule has 1 aromatic carbocycles. The predicted octanol–water partition coefficient (Wildman–Crippen LogP) is 3.52. The molecule has 1 aromatic rings. The summed E-state index contributed by atoms with van der Waals surface area (Å²) in [5.74, 6) is 0.677. The highest BCUT2D eigenvalue weighted by molar-refractivity contribution is 5.18. The number of hydrogen-bond donors (Lipinski definition) is 1. The van der Waals surface area contributed by atoms with Crippen LogP contribution >= 0.6 is 0 Å². The lowest BCUT2D eigenvalue weighted by Gasteiger charge is -2.38. The molecular weight excluding hydrogens is 213 g/mol. The van der Waals surface area contributed by atoms with Crippen molar-refractivity contribution in [2.24, 2.45) is 17.1 Å². The van der Waals surface area contributed by atoms with Crippen molar-refractivity contribution in [1.82, 2.24) is 0 Å². The monoisotopic (exact) mass is 235 g/mol. The van der Waals surface area contributed by atoms with E-state index in [4.69, 9.17) is 5.73 Å². The Morgan fingerprint density at radius 2 is 1.82 bits per heavy atom. The van der Waals surface area contributed by atoms with Crippen LogP contribution in [0.4, 0.5) is 4.39 Å². The molecule has 0 atom stereocenters. The number of benzene rings is 1. The zero-order chi connectivity index (χ0) is 12.3. The Kier molecular flexibility index (Phi) is 3.82. The minimum atomic E-state index is -0.159. The van der Waals surface area contributed by atoms with Gasteiger partial charge in [0.25, 0.3) is 0 Å². The standard InChI is InChI=1S/C15H22FN/c1-12-6-8-15(11-17,9-7-12)10-13-2-4-14(16)5-3-13/h2-5,12H,6-11,17H2,1H3. The maximum Gasteiger partial charge on any atom is 0.123 e. The van der Waals surface area contributed by atoms with Gasteiger partial charge in [0.1, 0.15) is 5.82 Å². The van der Waals surface area contributed by atoms with Gasteiger partial charge in [-0.25, -0.2) is 4.39 Å². The van der Waals surface area contributed by atoms with Gasteiger partial charge in [-0.3, -0.25) is 0 Å². The van der Waals surface area contributed by atoms with E-state index in [-0.39, 0.29) is 11.2 Å². The van der Waals surface area contributed by atoms with Gasteiger partial charge in [0.2, 0.25) is 0 Å². The average molecular weight is 235 g/mol. The maximum atomic E-state index is 12.9. The quantitative estimate of drug-likeness (QED) is 0.852. The van der Waals surface area contributed by atoms with Crippen molar-refractivity contribution >= 4 is 0 Å². The van der Waals surface area contributed by atoms with Gasteiger partial charge in [-0.2, -0.15) is 0 Å². The molecule has 17 heavy (non-hydrogen) atoms. The summed E-state index contributed by atoms with van der Waals surface area (Å²) < 4.78 is 12.9. The second-order valence-corrected chi connectivity index (χ2v) is 5.69. The molecule has 0 saturated heterocycles. The molecule has 0 spiro atoms. The number of nitrogens with two attached hydrogens (primary N) is 1. The molecule has 1 aliphatic carbocycles. The highest BCUT2D eigenvalue weighted by Gasteiger charge is 2.32. The van der Waals surface area contributed by atoms with E-state index in [1.807, 2.05) is 12.1 Å². The van der Waals surface area contributed by atoms with Gasteiger partial charge in [0.05, 0.1) is 0 Å². The summed E-state index contributed by atoms with van der Waals surface area (Å²) in [4.78, 5) is 0. The topological polar surface area (TPSA) is 26.0 Å². The third kappa shape index (κ3) is 3.06. The van der Waals surface area contributed by atoms with Crippen molar-refractivity contribution in [2.45, 2.75) is 39.0 Å². The van der Waals surface area contributed by atoms with Gasteiger partial charge in [-0.15, -0.1) is 0 Å². The Bertz CT molecular complexity index is 350. The highest BCUT2D eigenvalue weighted by Crippen LogP contribution is 2.40. The van der Waals surface area contributed by atoms with Crippen molar-refractivity contribution in [2.75, 3.05) is 6.54 Å². The fraction of sp³-hybridized carbons (Fsp3) is 0.600. The zero-order valence-electron chi connectivity index (χ0n) is 10.6. The lowest BCUT2D eigenvalue weighted by atomic mass is 9.68. The molecule has 94 valence electrons. The Morgan fingerprint density at radius 1 is 1.24 bits per heavy atom. The van der Waals surface area contributed by atoms with Crippen molar-refractivity contribution < 1.29 is 4.39 Å². The first kappa shape index (κ1) is 12.6. The predicted molar refractivity (Wildman–Crippen MR) is 69.2 cm³/mol. The van der Waals surface area contributed by atoms with E-state index in [2.05, 4.69) is 6.92 Å². The Morgan fingerprint density at radius 3 is 2.35 bits per heavy atom. The third-order valence-corrected chi connectivity index (χ3v) is 4.26. The zero-order valence-corrected chi connectivity index (χ0v) is 10.6. The molecule has 0 aliphatic heterocycles. The summed E-state index contributed by atoms with van der Waals surface area (Å²) in [7, 11) is 0. The van der Waals surface area contributed by atoms with Gasteiger partial charge in [0.15, 0.2) is 0 Å². The van der Waals surface area contributed by atoms with Gasteiger partial charge in [0, 0.05) is 0 Å². The minimum Gasteiger partial charge on any atom is -0.330 e. The first-order valence-electron chi connectivity index (χ1n) is 6.58. The van der Waals surface area contributed by atoms with Crippen LogP contribution in [0.2, 0.25) is 0 Å². The summed E-state index contributed by atoms with van der Waals surface area (Å²) in [6.07, 6.45) is 5.97. The van der Waals surface area contributed by atoms with E-state index in [1.54, 1.807) is 12.1 Å². The molecular formula is C15H22FN. The molecule has 0 radical (unpaired) electrons. The van der Waals surface area contributed by atoms with Crippen LogP contribution < -0.4 is 5.73 Å². The molecule has 0 aromatic heterocycles. The van der Waals surface area contributed by atoms with Crippen LogP contribution in [0.1, 0.15) is 38.2 Å². The molecule has 1 aliphatic rings. The first-order valence-corrected chi connectivity index (χ1v) is 6.58. The van der Waals surface area contributed by atoms with Gasteiger partial charge in [-0.1, -0.05) is 31.9 Å². The summed E-state index contributed by atoms with van der Waals surface area (Å²) in [6, 6.07) is 6.88. The van der Waals surface area contributed by atoms with Crippen LogP contribution in [0.3, 0.4) is 0 Å². The van der Waals surface area contributed by atoms with Crippen molar-refractivity contribution in [3.8, 4) is 0 Å². The van der Waals surface area contributed by atoms with Crippen molar-refractivity contribution in [1.29, 1.82) is 0 Å². The Labute approximate surface area is 103 Å². The largest absolute Gasteiger partial charge is 0.330 e. The lowest BCUT2D eigenvalue weighted by Crippen LogP contribution is -2.36. The fourth-order valence-corrected chi connectivity index (χ4v) is 2.86. The second-order valence-electron chi connectivity index (χ2n) is 5.69. The lowest BCUT2D eigenvalue weighted by molar-refractivity contribution is 0.163. The van der Waals surface area contributed by atoms with Crippen LogP contribution in [0.25, 0.3) is 0 Å². The molecule has 0 bridgehead atoms. The van der Waals surface area contributed by atoms with Crippen molar-refractivity contribution in [3.05, 3.63) is 35.6 Å². The molecule has 2 heteroatoms. The van der Waals surface area contributed by atoms with E-state index in [0.29, 0.717) is 0 Å². The van der Waals surface area contributed by atoms with Gasteiger partial charge < -0.3 is 5.73 Å². The average Bonchev–Trinajstić information content (AvgIpc) is 2.35. The van der Waals surface area contributed by atoms with Crippen molar-refractivity contribution in [3.63, 3.8) is 0 Å². The molecule has 0 amide bonds. The van der Waals surface area contributed by atoms with Crippen LogP contribution in [0, 0.1) is 17.2 Å².